The molecule has 2 unspecified atom stereocenters. The lowest BCUT2D eigenvalue weighted by Gasteiger charge is -2.22. The van der Waals surface area contributed by atoms with Gasteiger partial charge in [-0.3, -0.25) is 4.68 Å². The molecule has 0 radical (unpaired) electrons. The minimum absolute atomic E-state index is 0. The average molecular weight is 527 g/mol. The third kappa shape index (κ3) is 6.78. The molecular formula is C22H34IN5O2. The topological polar surface area (TPSA) is 63.9 Å². The highest BCUT2D eigenvalue weighted by molar-refractivity contribution is 14.0. The van der Waals surface area contributed by atoms with Crippen LogP contribution in [0.15, 0.2) is 41.7 Å². The summed E-state index contributed by atoms with van der Waals surface area (Å²) >= 11 is 0. The number of aliphatic imine (C=N–C) groups is 1. The molecule has 1 N–H and O–H groups in total. The van der Waals surface area contributed by atoms with E-state index in [1.807, 2.05) is 49.1 Å². The third-order valence-corrected chi connectivity index (χ3v) is 5.10. The number of halogens is 1. The van der Waals surface area contributed by atoms with Gasteiger partial charge in [0.1, 0.15) is 6.10 Å². The van der Waals surface area contributed by atoms with Gasteiger partial charge in [0.2, 0.25) is 0 Å². The van der Waals surface area contributed by atoms with Crippen molar-refractivity contribution in [2.45, 2.75) is 32.8 Å². The van der Waals surface area contributed by atoms with Crippen molar-refractivity contribution in [2.24, 2.45) is 18.0 Å². The molecule has 1 aliphatic rings. The van der Waals surface area contributed by atoms with E-state index in [0.29, 0.717) is 12.5 Å². The molecule has 0 spiro atoms. The first-order valence-corrected chi connectivity index (χ1v) is 10.4. The van der Waals surface area contributed by atoms with Gasteiger partial charge in [-0.1, -0.05) is 12.1 Å². The summed E-state index contributed by atoms with van der Waals surface area (Å²) in [4.78, 5) is 7.20. The van der Waals surface area contributed by atoms with Crippen LogP contribution in [0.5, 0.6) is 11.5 Å². The standard InChI is InChI=1S/C22H33N5O2.HI/c1-5-23-22(24-13-17(2)29-21-9-7-6-8-20(21)28-4)27-11-10-18(16-27)12-19-14-25-26(3)15-19;/h6-9,14-15,17-18H,5,10-13,16H2,1-4H3,(H,23,24);1H. The van der Waals surface area contributed by atoms with E-state index >= 15 is 0 Å². The Balaban J connectivity index is 0.00000320. The third-order valence-electron chi connectivity index (χ3n) is 5.10. The molecule has 2 atom stereocenters. The van der Waals surface area contributed by atoms with Crippen molar-refractivity contribution in [1.82, 2.24) is 20.0 Å². The van der Waals surface area contributed by atoms with Gasteiger partial charge in [-0.15, -0.1) is 24.0 Å². The molecule has 3 rings (SSSR count). The molecule has 166 valence electrons. The second-order valence-electron chi connectivity index (χ2n) is 7.60. The van der Waals surface area contributed by atoms with Crippen LogP contribution in [0.25, 0.3) is 0 Å². The van der Waals surface area contributed by atoms with E-state index in [1.165, 1.54) is 12.0 Å². The van der Waals surface area contributed by atoms with Crippen molar-refractivity contribution in [1.29, 1.82) is 0 Å². The minimum atomic E-state index is -0.0475. The Morgan fingerprint density at radius 2 is 2.10 bits per heavy atom. The number of likely N-dealkylation sites (tertiary alicyclic amines) is 1. The number of ether oxygens (including phenoxy) is 2. The average Bonchev–Trinajstić information content (AvgIpc) is 3.34. The number of hydrogen-bond donors (Lipinski definition) is 1. The Morgan fingerprint density at radius 3 is 2.77 bits per heavy atom. The lowest BCUT2D eigenvalue weighted by Crippen LogP contribution is -2.40. The summed E-state index contributed by atoms with van der Waals surface area (Å²) in [5.74, 6) is 3.09. The fourth-order valence-electron chi connectivity index (χ4n) is 3.71. The number of guanidine groups is 1. The molecule has 1 fully saturated rings. The maximum Gasteiger partial charge on any atom is 0.194 e. The van der Waals surface area contributed by atoms with Gasteiger partial charge < -0.3 is 19.7 Å². The van der Waals surface area contributed by atoms with Gasteiger partial charge in [-0.25, -0.2) is 4.99 Å². The summed E-state index contributed by atoms with van der Waals surface area (Å²) in [6, 6.07) is 7.72. The normalized spacial score (nSPS) is 17.4. The van der Waals surface area contributed by atoms with Crippen LogP contribution in [-0.2, 0) is 13.5 Å². The molecule has 1 aromatic carbocycles. The fraction of sp³-hybridized carbons (Fsp3) is 0.545. The van der Waals surface area contributed by atoms with E-state index in [1.54, 1.807) is 7.11 Å². The van der Waals surface area contributed by atoms with Crippen molar-refractivity contribution in [3.8, 4) is 11.5 Å². The van der Waals surface area contributed by atoms with Crippen LogP contribution < -0.4 is 14.8 Å². The van der Waals surface area contributed by atoms with E-state index in [9.17, 15) is 0 Å². The van der Waals surface area contributed by atoms with E-state index in [-0.39, 0.29) is 30.1 Å². The Morgan fingerprint density at radius 1 is 1.33 bits per heavy atom. The molecule has 8 heteroatoms. The second-order valence-corrected chi connectivity index (χ2v) is 7.60. The fourth-order valence-corrected chi connectivity index (χ4v) is 3.71. The second kappa shape index (κ2) is 12.0. The van der Waals surface area contributed by atoms with Gasteiger partial charge in [0.25, 0.3) is 0 Å². The molecular weight excluding hydrogens is 493 g/mol. The molecule has 2 heterocycles. The summed E-state index contributed by atoms with van der Waals surface area (Å²) in [5, 5.41) is 7.72. The number of aryl methyl sites for hydroxylation is 1. The highest BCUT2D eigenvalue weighted by Crippen LogP contribution is 2.27. The number of rotatable bonds is 8. The van der Waals surface area contributed by atoms with E-state index in [2.05, 4.69) is 28.4 Å². The number of aromatic nitrogens is 2. The van der Waals surface area contributed by atoms with Gasteiger partial charge in [-0.05, 0) is 50.3 Å². The number of para-hydroxylation sites is 2. The number of nitrogens with one attached hydrogen (secondary N) is 1. The van der Waals surface area contributed by atoms with Gasteiger partial charge in [-0.2, -0.15) is 5.10 Å². The highest BCUT2D eigenvalue weighted by atomic mass is 127. The van der Waals surface area contributed by atoms with Gasteiger partial charge in [0, 0.05) is 32.9 Å². The summed E-state index contributed by atoms with van der Waals surface area (Å²) in [5.41, 5.74) is 1.31. The highest BCUT2D eigenvalue weighted by Gasteiger charge is 2.25. The minimum Gasteiger partial charge on any atom is -0.493 e. The molecule has 1 aliphatic heterocycles. The molecule has 30 heavy (non-hydrogen) atoms. The van der Waals surface area contributed by atoms with E-state index in [4.69, 9.17) is 14.5 Å². The molecule has 1 aromatic heterocycles. The maximum atomic E-state index is 6.04. The number of benzene rings is 1. The first-order valence-electron chi connectivity index (χ1n) is 10.4. The summed E-state index contributed by atoms with van der Waals surface area (Å²) < 4.78 is 13.3. The van der Waals surface area contributed by atoms with Gasteiger partial charge in [0.05, 0.1) is 19.9 Å². The van der Waals surface area contributed by atoms with Crippen LogP contribution in [-0.4, -0.2) is 60.0 Å². The van der Waals surface area contributed by atoms with E-state index in [0.717, 1.165) is 43.5 Å². The van der Waals surface area contributed by atoms with Crippen LogP contribution >= 0.6 is 24.0 Å². The quantitative estimate of drug-likeness (QED) is 0.324. The maximum absolute atomic E-state index is 6.04. The van der Waals surface area contributed by atoms with Crippen molar-refractivity contribution >= 4 is 29.9 Å². The zero-order chi connectivity index (χ0) is 20.6. The van der Waals surface area contributed by atoms with Crippen molar-refractivity contribution < 1.29 is 9.47 Å². The number of methoxy groups -OCH3 is 1. The van der Waals surface area contributed by atoms with Crippen LogP contribution in [0.1, 0.15) is 25.8 Å². The molecule has 0 saturated carbocycles. The largest absolute Gasteiger partial charge is 0.493 e. The SMILES string of the molecule is CCNC(=NCC(C)Oc1ccccc1OC)N1CCC(Cc2cnn(C)c2)C1.I. The lowest BCUT2D eigenvalue weighted by molar-refractivity contribution is 0.219. The predicted octanol–water partition coefficient (Wildman–Crippen LogP) is 3.34. The molecule has 7 nitrogen and oxygen atoms in total. The summed E-state index contributed by atoms with van der Waals surface area (Å²) in [6.45, 7) is 7.62. The Kier molecular flexibility index (Phi) is 9.74. The lowest BCUT2D eigenvalue weighted by atomic mass is 10.0. The van der Waals surface area contributed by atoms with Gasteiger partial charge in [0.15, 0.2) is 17.5 Å². The Hall–Kier alpha value is -1.97. The van der Waals surface area contributed by atoms with Gasteiger partial charge >= 0.3 is 0 Å². The van der Waals surface area contributed by atoms with Crippen molar-refractivity contribution in [3.05, 3.63) is 42.2 Å². The molecule has 2 aromatic rings. The summed E-state index contributed by atoms with van der Waals surface area (Å²) in [7, 11) is 3.62. The zero-order valence-electron chi connectivity index (χ0n) is 18.4. The first kappa shape index (κ1) is 24.3. The monoisotopic (exact) mass is 527 g/mol. The number of nitrogens with zero attached hydrogens (tertiary/aromatic N) is 4. The molecule has 0 aliphatic carbocycles. The Bertz CT molecular complexity index is 810. The van der Waals surface area contributed by atoms with E-state index < -0.39 is 0 Å². The van der Waals surface area contributed by atoms with Crippen LogP contribution in [0.2, 0.25) is 0 Å². The molecule has 1 saturated heterocycles. The van der Waals surface area contributed by atoms with Crippen LogP contribution in [0.3, 0.4) is 0 Å². The zero-order valence-corrected chi connectivity index (χ0v) is 20.7. The van der Waals surface area contributed by atoms with Crippen molar-refractivity contribution in [2.75, 3.05) is 33.3 Å². The smallest absolute Gasteiger partial charge is 0.194 e. The Labute approximate surface area is 196 Å². The summed E-state index contributed by atoms with van der Waals surface area (Å²) in [6.07, 6.45) is 6.27. The molecule has 0 bridgehead atoms. The predicted molar refractivity (Wildman–Crippen MR) is 131 cm³/mol. The van der Waals surface area contributed by atoms with Crippen molar-refractivity contribution in [3.63, 3.8) is 0 Å². The van der Waals surface area contributed by atoms with Crippen LogP contribution in [0.4, 0.5) is 0 Å². The van der Waals surface area contributed by atoms with Crippen LogP contribution in [0, 0.1) is 5.92 Å². The first-order chi connectivity index (χ1) is 14.1. The molecule has 0 amide bonds. The number of hydrogen-bond acceptors (Lipinski definition) is 4.